The molecule has 2 heteroatoms. The lowest BCUT2D eigenvalue weighted by atomic mass is 9.99. The van der Waals surface area contributed by atoms with Gasteiger partial charge in [-0.15, -0.1) is 0 Å². The highest BCUT2D eigenvalue weighted by Crippen LogP contribution is 2.30. The molecule has 1 aromatic rings. The molecule has 118 valence electrons. The molecular weight excluding hydrogens is 256 g/mol. The van der Waals surface area contributed by atoms with Crippen LogP contribution in [0.1, 0.15) is 55.3 Å². The summed E-state index contributed by atoms with van der Waals surface area (Å²) >= 11 is 0. The van der Waals surface area contributed by atoms with Gasteiger partial charge in [-0.05, 0) is 71.1 Å². The molecule has 1 atom stereocenters. The van der Waals surface area contributed by atoms with Gasteiger partial charge in [-0.25, -0.2) is 0 Å². The molecule has 0 heterocycles. The third kappa shape index (κ3) is 5.44. The minimum absolute atomic E-state index is 0.474. The van der Waals surface area contributed by atoms with E-state index in [1.54, 1.807) is 0 Å². The number of nitrogens with one attached hydrogen (secondary N) is 1. The molecule has 2 rings (SSSR count). The average molecular weight is 288 g/mol. The minimum atomic E-state index is 0.474. The molecule has 0 bridgehead atoms. The second-order valence-electron chi connectivity index (χ2n) is 6.79. The number of benzene rings is 1. The van der Waals surface area contributed by atoms with E-state index in [0.717, 1.165) is 5.92 Å². The Balaban J connectivity index is 1.93. The Morgan fingerprint density at radius 2 is 1.81 bits per heavy atom. The lowest BCUT2D eigenvalue weighted by Crippen LogP contribution is -2.31. The zero-order chi connectivity index (χ0) is 15.2. The standard InChI is InChI=1S/C19H32N2/c1-5-9-21(14-17-6-7-17)10-8-19(20-4)18-12-15(2)11-16(3)13-18/h11-13,17,19-20H,5-10,14H2,1-4H3. The predicted molar refractivity (Wildman–Crippen MR) is 91.8 cm³/mol. The molecule has 1 aliphatic carbocycles. The van der Waals surface area contributed by atoms with Gasteiger partial charge in [-0.2, -0.15) is 0 Å². The fourth-order valence-electron chi connectivity index (χ4n) is 3.28. The second kappa shape index (κ2) is 7.95. The normalized spacial score (nSPS) is 16.4. The molecule has 1 unspecified atom stereocenters. The van der Waals surface area contributed by atoms with E-state index >= 15 is 0 Å². The van der Waals surface area contributed by atoms with Gasteiger partial charge in [-0.1, -0.05) is 36.2 Å². The monoisotopic (exact) mass is 288 g/mol. The Hall–Kier alpha value is -0.860. The Kier molecular flexibility index (Phi) is 6.25. The van der Waals surface area contributed by atoms with Gasteiger partial charge in [0.25, 0.3) is 0 Å². The highest BCUT2D eigenvalue weighted by atomic mass is 15.1. The van der Waals surface area contributed by atoms with Crippen molar-refractivity contribution in [2.24, 2.45) is 5.92 Å². The van der Waals surface area contributed by atoms with Crippen LogP contribution in [0.4, 0.5) is 0 Å². The summed E-state index contributed by atoms with van der Waals surface area (Å²) in [5.74, 6) is 0.991. The lowest BCUT2D eigenvalue weighted by Gasteiger charge is -2.25. The van der Waals surface area contributed by atoms with Crippen LogP contribution in [-0.2, 0) is 0 Å². The Bertz CT molecular complexity index is 417. The third-order valence-corrected chi connectivity index (χ3v) is 4.48. The van der Waals surface area contributed by atoms with Crippen LogP contribution in [0.5, 0.6) is 0 Å². The van der Waals surface area contributed by atoms with Crippen LogP contribution in [0.3, 0.4) is 0 Å². The van der Waals surface area contributed by atoms with Gasteiger partial charge >= 0.3 is 0 Å². The molecule has 1 N–H and O–H groups in total. The predicted octanol–water partition coefficient (Wildman–Crippen LogP) is 4.08. The van der Waals surface area contributed by atoms with Crippen LogP contribution in [0.15, 0.2) is 18.2 Å². The van der Waals surface area contributed by atoms with E-state index in [-0.39, 0.29) is 0 Å². The summed E-state index contributed by atoms with van der Waals surface area (Å²) < 4.78 is 0. The fourth-order valence-corrected chi connectivity index (χ4v) is 3.28. The van der Waals surface area contributed by atoms with Crippen LogP contribution >= 0.6 is 0 Å². The van der Waals surface area contributed by atoms with Crippen molar-refractivity contribution >= 4 is 0 Å². The minimum Gasteiger partial charge on any atom is -0.313 e. The fraction of sp³-hybridized carbons (Fsp3) is 0.684. The smallest absolute Gasteiger partial charge is 0.0329 e. The van der Waals surface area contributed by atoms with E-state index in [1.807, 2.05) is 0 Å². The molecule has 2 nitrogen and oxygen atoms in total. The Labute approximate surface area is 130 Å². The summed E-state index contributed by atoms with van der Waals surface area (Å²) in [6.07, 6.45) is 5.37. The van der Waals surface area contributed by atoms with E-state index in [2.05, 4.69) is 56.2 Å². The maximum Gasteiger partial charge on any atom is 0.0329 e. The van der Waals surface area contributed by atoms with Crippen LogP contribution in [0.2, 0.25) is 0 Å². The Morgan fingerprint density at radius 1 is 1.14 bits per heavy atom. The van der Waals surface area contributed by atoms with Crippen molar-refractivity contribution < 1.29 is 0 Å². The molecule has 0 saturated heterocycles. The van der Waals surface area contributed by atoms with Crippen molar-refractivity contribution in [1.29, 1.82) is 0 Å². The number of rotatable bonds is 9. The van der Waals surface area contributed by atoms with Gasteiger partial charge in [0.2, 0.25) is 0 Å². The maximum absolute atomic E-state index is 3.51. The summed E-state index contributed by atoms with van der Waals surface area (Å²) in [5.41, 5.74) is 4.18. The average Bonchev–Trinajstić information content (AvgIpc) is 3.22. The number of aryl methyl sites for hydroxylation is 2. The van der Waals surface area contributed by atoms with Gasteiger partial charge in [0.1, 0.15) is 0 Å². The van der Waals surface area contributed by atoms with Gasteiger partial charge in [0.05, 0.1) is 0 Å². The van der Waals surface area contributed by atoms with E-state index in [9.17, 15) is 0 Å². The molecule has 1 saturated carbocycles. The van der Waals surface area contributed by atoms with E-state index in [1.165, 1.54) is 62.0 Å². The first-order chi connectivity index (χ1) is 10.1. The molecule has 1 fully saturated rings. The molecule has 1 aromatic carbocycles. The van der Waals surface area contributed by atoms with Crippen molar-refractivity contribution in [3.05, 3.63) is 34.9 Å². The molecule has 0 spiro atoms. The lowest BCUT2D eigenvalue weighted by molar-refractivity contribution is 0.249. The van der Waals surface area contributed by atoms with E-state index in [4.69, 9.17) is 0 Å². The van der Waals surface area contributed by atoms with Crippen LogP contribution in [0.25, 0.3) is 0 Å². The van der Waals surface area contributed by atoms with Gasteiger partial charge in [0, 0.05) is 12.6 Å². The molecule has 21 heavy (non-hydrogen) atoms. The number of hydrogen-bond acceptors (Lipinski definition) is 2. The Morgan fingerprint density at radius 3 is 2.33 bits per heavy atom. The first-order valence-electron chi connectivity index (χ1n) is 8.60. The topological polar surface area (TPSA) is 15.3 Å². The highest BCUT2D eigenvalue weighted by molar-refractivity contribution is 5.30. The van der Waals surface area contributed by atoms with Crippen LogP contribution < -0.4 is 5.32 Å². The third-order valence-electron chi connectivity index (χ3n) is 4.48. The largest absolute Gasteiger partial charge is 0.313 e. The van der Waals surface area contributed by atoms with Gasteiger partial charge in [-0.3, -0.25) is 0 Å². The molecule has 0 amide bonds. The maximum atomic E-state index is 3.51. The zero-order valence-corrected chi connectivity index (χ0v) is 14.3. The van der Waals surface area contributed by atoms with Crippen molar-refractivity contribution in [1.82, 2.24) is 10.2 Å². The SMILES string of the molecule is CCCN(CCC(NC)c1cc(C)cc(C)c1)CC1CC1. The van der Waals surface area contributed by atoms with Crippen LogP contribution in [-0.4, -0.2) is 31.6 Å². The first-order valence-corrected chi connectivity index (χ1v) is 8.60. The van der Waals surface area contributed by atoms with Crippen LogP contribution in [0, 0.1) is 19.8 Å². The summed E-state index contributed by atoms with van der Waals surface area (Å²) in [7, 11) is 2.09. The molecule has 0 aromatic heterocycles. The van der Waals surface area contributed by atoms with Crippen molar-refractivity contribution in [2.75, 3.05) is 26.7 Å². The molecular formula is C19H32N2. The van der Waals surface area contributed by atoms with E-state index in [0.29, 0.717) is 6.04 Å². The van der Waals surface area contributed by atoms with Crippen molar-refractivity contribution in [3.8, 4) is 0 Å². The number of hydrogen-bond donors (Lipinski definition) is 1. The van der Waals surface area contributed by atoms with Crippen molar-refractivity contribution in [3.63, 3.8) is 0 Å². The first kappa shape index (κ1) is 16.5. The highest BCUT2D eigenvalue weighted by Gasteiger charge is 2.24. The zero-order valence-electron chi connectivity index (χ0n) is 14.3. The summed E-state index contributed by atoms with van der Waals surface area (Å²) in [4.78, 5) is 2.67. The van der Waals surface area contributed by atoms with Gasteiger partial charge in [0.15, 0.2) is 0 Å². The van der Waals surface area contributed by atoms with Crippen molar-refractivity contribution in [2.45, 2.75) is 52.5 Å². The molecule has 0 radical (unpaired) electrons. The summed E-state index contributed by atoms with van der Waals surface area (Å²) in [6.45, 7) is 10.5. The van der Waals surface area contributed by atoms with E-state index < -0.39 is 0 Å². The summed E-state index contributed by atoms with van der Waals surface area (Å²) in [5, 5.41) is 3.51. The molecule has 0 aliphatic heterocycles. The quantitative estimate of drug-likeness (QED) is 0.736. The van der Waals surface area contributed by atoms with Gasteiger partial charge < -0.3 is 10.2 Å². The summed E-state index contributed by atoms with van der Waals surface area (Å²) in [6, 6.07) is 7.40. The molecule has 1 aliphatic rings. The number of nitrogens with zero attached hydrogens (tertiary/aromatic N) is 1. The second-order valence-corrected chi connectivity index (χ2v) is 6.79.